The number of carbonyl (C=O) groups is 2. The summed E-state index contributed by atoms with van der Waals surface area (Å²) in [5.74, 6) is -1.48. The van der Waals surface area contributed by atoms with E-state index in [9.17, 15) is 23.5 Å². The van der Waals surface area contributed by atoms with Crippen LogP contribution in [0.1, 0.15) is 47.9 Å². The Morgan fingerprint density at radius 2 is 1.63 bits per heavy atom. The molecule has 3 aromatic rings. The Morgan fingerprint density at radius 1 is 0.971 bits per heavy atom. The average Bonchev–Trinajstić information content (AvgIpc) is 3.25. The van der Waals surface area contributed by atoms with Crippen molar-refractivity contribution < 1.29 is 28.2 Å². The Hall–Kier alpha value is -3.74. The normalized spacial score (nSPS) is 20.8. The second-order valence-corrected chi connectivity index (χ2v) is 9.13. The first-order valence-corrected chi connectivity index (χ1v) is 11.7. The summed E-state index contributed by atoms with van der Waals surface area (Å²) in [6, 6.07) is 17.6. The molecule has 2 aliphatic rings. The zero-order chi connectivity index (χ0) is 24.5. The van der Waals surface area contributed by atoms with Crippen molar-refractivity contribution >= 4 is 17.6 Å². The van der Waals surface area contributed by atoms with Gasteiger partial charge in [-0.3, -0.25) is 9.59 Å². The Bertz CT molecular complexity index is 1240. The van der Waals surface area contributed by atoms with Crippen LogP contribution in [0.25, 0.3) is 0 Å². The van der Waals surface area contributed by atoms with Crippen molar-refractivity contribution in [2.45, 2.75) is 37.6 Å². The molecule has 3 atom stereocenters. The number of carbonyl (C=O) groups excluding carboxylic acids is 1. The molecule has 1 saturated heterocycles. The van der Waals surface area contributed by atoms with Gasteiger partial charge in [-0.25, -0.2) is 8.78 Å². The van der Waals surface area contributed by atoms with Crippen LogP contribution >= 0.6 is 0 Å². The van der Waals surface area contributed by atoms with Gasteiger partial charge in [0.15, 0.2) is 0 Å². The van der Waals surface area contributed by atoms with E-state index >= 15 is 0 Å². The van der Waals surface area contributed by atoms with E-state index in [-0.39, 0.29) is 48.4 Å². The van der Waals surface area contributed by atoms with Gasteiger partial charge < -0.3 is 14.7 Å². The van der Waals surface area contributed by atoms with Gasteiger partial charge in [-0.05, 0) is 61.2 Å². The van der Waals surface area contributed by atoms with Gasteiger partial charge in [0, 0.05) is 22.7 Å². The van der Waals surface area contributed by atoms with Crippen molar-refractivity contribution in [1.29, 1.82) is 0 Å². The monoisotopic (exact) mass is 477 g/mol. The van der Waals surface area contributed by atoms with Crippen LogP contribution in [0, 0.1) is 17.6 Å². The summed E-state index contributed by atoms with van der Waals surface area (Å²) >= 11 is 0. The van der Waals surface area contributed by atoms with Crippen LogP contribution in [0.15, 0.2) is 66.7 Å². The molecule has 0 saturated carbocycles. The number of hydrogen-bond acceptors (Lipinski definition) is 3. The Kier molecular flexibility index (Phi) is 6.24. The van der Waals surface area contributed by atoms with Crippen LogP contribution in [0.3, 0.4) is 0 Å². The highest BCUT2D eigenvalue weighted by molar-refractivity contribution is 6.03. The van der Waals surface area contributed by atoms with Crippen molar-refractivity contribution in [3.63, 3.8) is 0 Å². The van der Waals surface area contributed by atoms with E-state index in [0.29, 0.717) is 17.9 Å². The molecule has 0 aromatic heterocycles. The third-order valence-corrected chi connectivity index (χ3v) is 6.90. The molecule has 35 heavy (non-hydrogen) atoms. The highest BCUT2D eigenvalue weighted by atomic mass is 19.1. The van der Waals surface area contributed by atoms with Gasteiger partial charge in [0.1, 0.15) is 17.4 Å². The van der Waals surface area contributed by atoms with Crippen LogP contribution in [0.2, 0.25) is 0 Å². The van der Waals surface area contributed by atoms with Crippen LogP contribution in [0.5, 0.6) is 5.75 Å². The van der Waals surface area contributed by atoms with Gasteiger partial charge in [0.25, 0.3) is 0 Å². The van der Waals surface area contributed by atoms with Gasteiger partial charge in [0.2, 0.25) is 5.91 Å². The highest BCUT2D eigenvalue weighted by Crippen LogP contribution is 2.51. The molecule has 0 radical (unpaired) electrons. The number of aliphatic carboxylic acids is 1. The number of anilines is 1. The van der Waals surface area contributed by atoms with Gasteiger partial charge in [-0.1, -0.05) is 30.3 Å². The maximum atomic E-state index is 13.6. The summed E-state index contributed by atoms with van der Waals surface area (Å²) < 4.78 is 32.7. The van der Waals surface area contributed by atoms with E-state index < -0.39 is 5.97 Å². The quantitative estimate of drug-likeness (QED) is 0.426. The maximum Gasteiger partial charge on any atom is 0.304 e. The molecule has 5 nitrogen and oxygen atoms in total. The lowest BCUT2D eigenvalue weighted by Gasteiger charge is -2.48. The number of carboxylic acid groups (broad SMARTS) is 1. The smallest absolute Gasteiger partial charge is 0.304 e. The van der Waals surface area contributed by atoms with Crippen LogP contribution < -0.4 is 9.64 Å². The molecular weight excluding hydrogens is 452 g/mol. The average molecular weight is 478 g/mol. The maximum absolute atomic E-state index is 13.6. The molecule has 5 rings (SSSR count). The Morgan fingerprint density at radius 3 is 2.31 bits per heavy atom. The van der Waals surface area contributed by atoms with E-state index in [2.05, 4.69) is 0 Å². The molecule has 1 fully saturated rings. The number of ether oxygens (including phenoxy) is 1. The van der Waals surface area contributed by atoms with Crippen molar-refractivity contribution in [3.05, 3.63) is 95.1 Å². The number of β-lactam (4-membered cyclic amide) rings is 1. The van der Waals surface area contributed by atoms with Crippen LogP contribution in [0.4, 0.5) is 14.5 Å². The second kappa shape index (κ2) is 9.49. The molecule has 2 aliphatic heterocycles. The molecule has 1 unspecified atom stereocenters. The van der Waals surface area contributed by atoms with Gasteiger partial charge in [-0.15, -0.1) is 0 Å². The summed E-state index contributed by atoms with van der Waals surface area (Å²) in [4.78, 5) is 26.3. The molecule has 0 spiro atoms. The van der Waals surface area contributed by atoms with Crippen molar-refractivity contribution in [1.82, 2.24) is 0 Å². The van der Waals surface area contributed by atoms with Crippen molar-refractivity contribution in [2.75, 3.05) is 11.5 Å². The molecule has 3 aromatic carbocycles. The number of nitrogens with zero attached hydrogens (tertiary/aromatic N) is 1. The number of amides is 1. The topological polar surface area (TPSA) is 66.8 Å². The number of aryl methyl sites for hydroxylation is 1. The van der Waals surface area contributed by atoms with Gasteiger partial charge in [0.05, 0.1) is 25.0 Å². The highest BCUT2D eigenvalue weighted by Gasteiger charge is 2.50. The number of carboxylic acids is 1. The van der Waals surface area contributed by atoms with Crippen LogP contribution in [-0.4, -0.2) is 23.6 Å². The predicted octanol–water partition coefficient (Wildman–Crippen LogP) is 5.64. The van der Waals surface area contributed by atoms with Gasteiger partial charge in [-0.2, -0.15) is 0 Å². The molecule has 0 aliphatic carbocycles. The third-order valence-electron chi connectivity index (χ3n) is 6.90. The summed E-state index contributed by atoms with van der Waals surface area (Å²) in [7, 11) is 0. The fourth-order valence-electron chi connectivity index (χ4n) is 5.20. The van der Waals surface area contributed by atoms with E-state index in [4.69, 9.17) is 4.74 Å². The van der Waals surface area contributed by atoms with Crippen molar-refractivity contribution in [2.24, 2.45) is 5.92 Å². The minimum absolute atomic E-state index is 0.0250. The van der Waals surface area contributed by atoms with Crippen molar-refractivity contribution in [3.8, 4) is 5.75 Å². The molecule has 7 heteroatoms. The number of benzene rings is 3. The van der Waals surface area contributed by atoms with Gasteiger partial charge >= 0.3 is 5.97 Å². The summed E-state index contributed by atoms with van der Waals surface area (Å²) in [6.45, 7) is 0.283. The summed E-state index contributed by atoms with van der Waals surface area (Å²) in [5.41, 5.74) is 3.29. The number of halogens is 2. The molecule has 0 bridgehead atoms. The number of fused-ring (bicyclic) bond motifs is 1. The lowest BCUT2D eigenvalue weighted by Crippen LogP contribution is -2.55. The largest absolute Gasteiger partial charge is 0.492 e. The fraction of sp³-hybridized carbons (Fsp3) is 0.286. The minimum Gasteiger partial charge on any atom is -0.492 e. The van der Waals surface area contributed by atoms with E-state index in [1.165, 1.54) is 24.3 Å². The summed E-state index contributed by atoms with van der Waals surface area (Å²) in [6.07, 6.45) is 2.06. The molecule has 1 N–H and O–H groups in total. The first kappa shape index (κ1) is 23.0. The SMILES string of the molecule is O=C(O)CC1COc2c1cccc2[C@@H]1[C@@H](CCCc2ccc(F)cc2)C(=O)N1c1ccc(F)cc1. The Balaban J connectivity index is 1.42. The fourth-order valence-corrected chi connectivity index (χ4v) is 5.20. The zero-order valence-corrected chi connectivity index (χ0v) is 19.0. The van der Waals surface area contributed by atoms with E-state index in [1.807, 2.05) is 18.2 Å². The number of hydrogen-bond donors (Lipinski definition) is 1. The third kappa shape index (κ3) is 4.50. The second-order valence-electron chi connectivity index (χ2n) is 9.13. The van der Waals surface area contributed by atoms with E-state index in [0.717, 1.165) is 29.5 Å². The molecule has 2 heterocycles. The zero-order valence-electron chi connectivity index (χ0n) is 19.0. The molecule has 1 amide bonds. The lowest BCUT2D eigenvalue weighted by molar-refractivity contribution is -0.137. The van der Waals surface area contributed by atoms with E-state index in [1.54, 1.807) is 29.2 Å². The minimum atomic E-state index is -0.887. The number of para-hydroxylation sites is 1. The Labute approximate surface area is 202 Å². The lowest BCUT2D eigenvalue weighted by atomic mass is 9.77. The summed E-state index contributed by atoms with van der Waals surface area (Å²) in [5, 5.41) is 9.27. The molecular formula is C28H25F2NO4. The standard InChI is InChI=1S/C28H25F2NO4/c29-19-9-7-17(8-10-19)3-1-6-24-26(31(28(24)34)21-13-11-20(30)12-14-21)23-5-2-4-22-18(15-25(32)33)16-35-27(22)23/h2,4-5,7-14,18,24,26H,1,3,6,15-16H2,(H,32,33)/t18?,24-,26-/m1/s1. The molecule has 180 valence electrons. The number of rotatable bonds is 8. The first-order valence-electron chi connectivity index (χ1n) is 11.7. The van der Waals surface area contributed by atoms with Crippen LogP contribution in [-0.2, 0) is 16.0 Å². The first-order chi connectivity index (χ1) is 16.9. The predicted molar refractivity (Wildman–Crippen MR) is 126 cm³/mol.